The summed E-state index contributed by atoms with van der Waals surface area (Å²) in [6, 6.07) is 1.36. The van der Waals surface area contributed by atoms with Crippen molar-refractivity contribution in [2.24, 2.45) is 0 Å². The molecule has 0 saturated carbocycles. The maximum atomic E-state index is 13.3. The maximum absolute atomic E-state index is 13.3. The van der Waals surface area contributed by atoms with Gasteiger partial charge in [0, 0.05) is 30.1 Å². The van der Waals surface area contributed by atoms with Gasteiger partial charge in [-0.25, -0.2) is 22.8 Å². The van der Waals surface area contributed by atoms with E-state index in [0.717, 1.165) is 4.90 Å². The summed E-state index contributed by atoms with van der Waals surface area (Å²) in [5.74, 6) is -7.90. The molecule has 8 heteroatoms. The van der Waals surface area contributed by atoms with Crippen molar-refractivity contribution in [1.29, 1.82) is 0 Å². The first-order valence-corrected chi connectivity index (χ1v) is 6.36. The van der Waals surface area contributed by atoms with Crippen LogP contribution in [0, 0.1) is 17.5 Å². The number of hydrogen-bond donors (Lipinski definition) is 2. The van der Waals surface area contributed by atoms with Crippen LogP contribution in [0.15, 0.2) is 23.4 Å². The van der Waals surface area contributed by atoms with Gasteiger partial charge in [0.05, 0.1) is 0 Å². The molecular weight excluding hydrogens is 303 g/mol. The van der Waals surface area contributed by atoms with Gasteiger partial charge in [-0.2, -0.15) is 0 Å². The molecule has 0 fully saturated rings. The Kier molecular flexibility index (Phi) is 5.56. The number of nitrogens with zero attached hydrogens (tertiary/aromatic N) is 1. The zero-order valence-electron chi connectivity index (χ0n) is 11.9. The highest BCUT2D eigenvalue weighted by Crippen LogP contribution is 2.27. The monoisotopic (exact) mass is 317 g/mol. The van der Waals surface area contributed by atoms with Crippen molar-refractivity contribution in [1.82, 2.24) is 0 Å². The summed E-state index contributed by atoms with van der Waals surface area (Å²) in [7, 11) is 0. The molecule has 0 heterocycles. The molecule has 120 valence electrons. The number of aliphatic carboxylic acids is 2. The summed E-state index contributed by atoms with van der Waals surface area (Å²) in [4.78, 5) is 23.3. The second kappa shape index (κ2) is 6.97. The number of allylic oxidation sites excluding steroid dienone is 1. The smallest absolute Gasteiger partial charge is 0.344 e. The van der Waals surface area contributed by atoms with Gasteiger partial charge in [-0.05, 0) is 13.3 Å². The Labute approximate surface area is 124 Å². The normalized spacial score (nSPS) is 10.2. The molecule has 5 nitrogen and oxygen atoms in total. The van der Waals surface area contributed by atoms with Gasteiger partial charge in [-0.1, -0.05) is 6.92 Å². The summed E-state index contributed by atoms with van der Waals surface area (Å²) in [6.45, 7) is 3.08. The lowest BCUT2D eigenvalue weighted by molar-refractivity contribution is -0.140. The average molecular weight is 317 g/mol. The molecule has 1 aromatic carbocycles. The standard InChI is InChI=1S/C14H14F3NO4/c1-3-10(11(13(19)20)14(21)22)18(4-2)7-5-8(15)12(17)9(16)6-7/h5-6H,3-4H2,1-2H3,(H,19,20)(H,21,22). The summed E-state index contributed by atoms with van der Waals surface area (Å²) < 4.78 is 39.7. The third-order valence-electron chi connectivity index (χ3n) is 2.97. The molecule has 0 spiro atoms. The minimum Gasteiger partial charge on any atom is -0.477 e. The minimum absolute atomic E-state index is 0.0115. The van der Waals surface area contributed by atoms with Gasteiger partial charge < -0.3 is 15.1 Å². The van der Waals surface area contributed by atoms with Crippen LogP contribution in [0.3, 0.4) is 0 Å². The van der Waals surface area contributed by atoms with Crippen molar-refractivity contribution in [3.63, 3.8) is 0 Å². The zero-order valence-corrected chi connectivity index (χ0v) is 11.9. The van der Waals surface area contributed by atoms with Crippen LogP contribution in [-0.4, -0.2) is 28.7 Å². The van der Waals surface area contributed by atoms with Crippen LogP contribution in [0.2, 0.25) is 0 Å². The van der Waals surface area contributed by atoms with Crippen molar-refractivity contribution in [3.05, 3.63) is 40.9 Å². The Bertz CT molecular complexity index is 604. The van der Waals surface area contributed by atoms with Gasteiger partial charge in [0.1, 0.15) is 0 Å². The van der Waals surface area contributed by atoms with E-state index in [0.29, 0.717) is 12.1 Å². The molecule has 0 atom stereocenters. The van der Waals surface area contributed by atoms with Crippen LogP contribution in [-0.2, 0) is 9.59 Å². The fourth-order valence-corrected chi connectivity index (χ4v) is 2.07. The molecule has 0 aliphatic rings. The van der Waals surface area contributed by atoms with E-state index in [-0.39, 0.29) is 24.4 Å². The van der Waals surface area contributed by atoms with Crippen LogP contribution in [0.1, 0.15) is 20.3 Å². The van der Waals surface area contributed by atoms with Crippen LogP contribution in [0.5, 0.6) is 0 Å². The third-order valence-corrected chi connectivity index (χ3v) is 2.97. The third kappa shape index (κ3) is 3.38. The fraction of sp³-hybridized carbons (Fsp3) is 0.286. The van der Waals surface area contributed by atoms with Crippen molar-refractivity contribution < 1.29 is 33.0 Å². The highest BCUT2D eigenvalue weighted by atomic mass is 19.2. The summed E-state index contributed by atoms with van der Waals surface area (Å²) >= 11 is 0. The van der Waals surface area contributed by atoms with E-state index in [1.165, 1.54) is 13.8 Å². The molecule has 0 saturated heterocycles. The highest BCUT2D eigenvalue weighted by Gasteiger charge is 2.26. The molecule has 0 aliphatic heterocycles. The number of hydrogen-bond acceptors (Lipinski definition) is 3. The predicted octanol–water partition coefficient (Wildman–Crippen LogP) is 2.76. The van der Waals surface area contributed by atoms with Gasteiger partial charge in [0.25, 0.3) is 0 Å². The largest absolute Gasteiger partial charge is 0.477 e. The van der Waals surface area contributed by atoms with Gasteiger partial charge in [-0.15, -0.1) is 0 Å². The molecular formula is C14H14F3NO4. The average Bonchev–Trinajstić information content (AvgIpc) is 2.43. The lowest BCUT2D eigenvalue weighted by Gasteiger charge is -2.26. The number of carboxylic acid groups (broad SMARTS) is 2. The molecule has 0 radical (unpaired) electrons. The second-order valence-corrected chi connectivity index (χ2v) is 4.25. The minimum atomic E-state index is -1.68. The Balaban J connectivity index is 3.55. The Hall–Kier alpha value is -2.51. The number of halogens is 3. The zero-order chi connectivity index (χ0) is 17.0. The fourth-order valence-electron chi connectivity index (χ4n) is 2.07. The Morgan fingerprint density at radius 2 is 1.50 bits per heavy atom. The molecule has 0 bridgehead atoms. The van der Waals surface area contributed by atoms with Gasteiger partial charge in [0.2, 0.25) is 0 Å². The van der Waals surface area contributed by atoms with E-state index in [9.17, 15) is 22.8 Å². The first kappa shape index (κ1) is 17.5. The van der Waals surface area contributed by atoms with Crippen molar-refractivity contribution >= 4 is 17.6 Å². The lowest BCUT2D eigenvalue weighted by Crippen LogP contribution is -2.28. The maximum Gasteiger partial charge on any atom is 0.344 e. The van der Waals surface area contributed by atoms with Gasteiger partial charge in [-0.3, -0.25) is 0 Å². The Morgan fingerprint density at radius 1 is 1.05 bits per heavy atom. The molecule has 0 amide bonds. The van der Waals surface area contributed by atoms with Crippen LogP contribution >= 0.6 is 0 Å². The summed E-state index contributed by atoms with van der Waals surface area (Å²) in [6.07, 6.45) is -0.0115. The van der Waals surface area contributed by atoms with Crippen LogP contribution < -0.4 is 4.90 Å². The van der Waals surface area contributed by atoms with E-state index in [2.05, 4.69) is 0 Å². The molecule has 1 rings (SSSR count). The van der Waals surface area contributed by atoms with Crippen LogP contribution in [0.25, 0.3) is 0 Å². The number of rotatable bonds is 6. The number of carbonyl (C=O) groups is 2. The molecule has 1 aromatic rings. The number of benzene rings is 1. The Morgan fingerprint density at radius 3 is 1.82 bits per heavy atom. The van der Waals surface area contributed by atoms with Crippen molar-refractivity contribution in [2.45, 2.75) is 20.3 Å². The number of anilines is 1. The van der Waals surface area contributed by atoms with E-state index >= 15 is 0 Å². The molecule has 0 aromatic heterocycles. The molecule has 2 N–H and O–H groups in total. The quantitative estimate of drug-likeness (QED) is 0.365. The van der Waals surface area contributed by atoms with E-state index in [1.807, 2.05) is 0 Å². The first-order valence-electron chi connectivity index (χ1n) is 6.36. The second-order valence-electron chi connectivity index (χ2n) is 4.25. The number of carboxylic acids is 2. The predicted molar refractivity (Wildman–Crippen MR) is 71.9 cm³/mol. The summed E-state index contributed by atoms with van der Waals surface area (Å²) in [5, 5.41) is 18.0. The van der Waals surface area contributed by atoms with Gasteiger partial charge in [0.15, 0.2) is 23.0 Å². The summed E-state index contributed by atoms with van der Waals surface area (Å²) in [5.41, 5.74) is -1.22. The molecule has 0 aliphatic carbocycles. The van der Waals surface area contributed by atoms with E-state index in [1.54, 1.807) is 0 Å². The molecule has 22 heavy (non-hydrogen) atoms. The van der Waals surface area contributed by atoms with E-state index in [4.69, 9.17) is 10.2 Å². The SMILES string of the molecule is CCC(=C(C(=O)O)C(=O)O)N(CC)c1cc(F)c(F)c(F)c1. The van der Waals surface area contributed by atoms with Crippen molar-refractivity contribution in [3.8, 4) is 0 Å². The first-order chi connectivity index (χ1) is 10.2. The highest BCUT2D eigenvalue weighted by molar-refractivity contribution is 6.13. The lowest BCUT2D eigenvalue weighted by atomic mass is 10.1. The topological polar surface area (TPSA) is 77.8 Å². The van der Waals surface area contributed by atoms with E-state index < -0.39 is 35.0 Å². The molecule has 0 unspecified atom stereocenters. The van der Waals surface area contributed by atoms with Gasteiger partial charge >= 0.3 is 11.9 Å². The van der Waals surface area contributed by atoms with Crippen LogP contribution in [0.4, 0.5) is 18.9 Å². The van der Waals surface area contributed by atoms with Crippen molar-refractivity contribution in [2.75, 3.05) is 11.4 Å².